The largest absolute Gasteiger partial charge is 0.490 e. The first-order valence-corrected chi connectivity index (χ1v) is 13.8. The summed E-state index contributed by atoms with van der Waals surface area (Å²) in [7, 11) is -3.86. The number of aryl methyl sites for hydroxylation is 1. The molecule has 1 heterocycles. The first kappa shape index (κ1) is 23.7. The molecule has 0 bridgehead atoms. The number of benzene rings is 2. The van der Waals surface area contributed by atoms with E-state index in [2.05, 4.69) is 23.6 Å². The van der Waals surface area contributed by atoms with Crippen LogP contribution in [0.4, 0.5) is 5.69 Å². The molecular weight excluding hydrogens is 472 g/mol. The van der Waals surface area contributed by atoms with E-state index in [1.807, 2.05) is 6.07 Å². The van der Waals surface area contributed by atoms with Crippen molar-refractivity contribution < 1.29 is 18.3 Å². The van der Waals surface area contributed by atoms with Crippen molar-refractivity contribution in [1.82, 2.24) is 0 Å². The smallest absolute Gasteiger partial charge is 0.238 e. The molecule has 0 radical (unpaired) electrons. The lowest BCUT2D eigenvalue weighted by Crippen LogP contribution is -2.49. The van der Waals surface area contributed by atoms with Crippen LogP contribution < -0.4 is 14.8 Å². The lowest BCUT2D eigenvalue weighted by atomic mass is 9.68. The molecule has 1 saturated carbocycles. The van der Waals surface area contributed by atoms with Gasteiger partial charge >= 0.3 is 0 Å². The number of nitrogens with two attached hydrogens (primary N) is 1. The Morgan fingerprint density at radius 1 is 1.29 bits per heavy atom. The second kappa shape index (κ2) is 8.86. The van der Waals surface area contributed by atoms with Gasteiger partial charge in [0.2, 0.25) is 10.0 Å². The third-order valence-corrected chi connectivity index (χ3v) is 9.09. The number of nitrogens with zero attached hydrogens (tertiary/aromatic N) is 1. The first-order chi connectivity index (χ1) is 16.2. The minimum absolute atomic E-state index is 0.0721. The maximum absolute atomic E-state index is 12.1. The van der Waals surface area contributed by atoms with E-state index < -0.39 is 16.1 Å². The molecule has 6 nitrogen and oxygen atoms in total. The van der Waals surface area contributed by atoms with Crippen LogP contribution in [0.5, 0.6) is 5.75 Å². The van der Waals surface area contributed by atoms with Crippen molar-refractivity contribution in [3.8, 4) is 5.75 Å². The van der Waals surface area contributed by atoms with Crippen LogP contribution in [-0.4, -0.2) is 39.3 Å². The Kier molecular flexibility index (Phi) is 6.17. The molecule has 5 rings (SSSR count). The summed E-state index contributed by atoms with van der Waals surface area (Å²) in [5, 5.41) is 16.6. The summed E-state index contributed by atoms with van der Waals surface area (Å²) in [6.07, 6.45) is 6.02. The Morgan fingerprint density at radius 3 is 2.82 bits per heavy atom. The van der Waals surface area contributed by atoms with Crippen molar-refractivity contribution in [3.05, 3.63) is 65.2 Å². The molecule has 8 heteroatoms. The average Bonchev–Trinajstić information content (AvgIpc) is 2.93. The minimum Gasteiger partial charge on any atom is -0.490 e. The zero-order valence-electron chi connectivity index (χ0n) is 19.1. The van der Waals surface area contributed by atoms with E-state index in [1.165, 1.54) is 17.2 Å². The topological polar surface area (TPSA) is 92.9 Å². The first-order valence-electron chi connectivity index (χ1n) is 11.8. The molecule has 0 aromatic heterocycles. The molecule has 182 valence electrons. The zero-order valence-corrected chi connectivity index (χ0v) is 20.7. The summed E-state index contributed by atoms with van der Waals surface area (Å²) in [6.45, 7) is 5.65. The van der Waals surface area contributed by atoms with Gasteiger partial charge in [0.05, 0.1) is 23.3 Å². The summed E-state index contributed by atoms with van der Waals surface area (Å²) in [6, 6.07) is 11.0. The normalized spacial score (nSPS) is 27.1. The monoisotopic (exact) mass is 502 g/mol. The highest BCUT2D eigenvalue weighted by atomic mass is 35.5. The zero-order chi connectivity index (χ0) is 24.1. The fourth-order valence-electron chi connectivity index (χ4n) is 6.00. The highest BCUT2D eigenvalue weighted by Crippen LogP contribution is 2.46. The number of fused-ring (bicyclic) bond motifs is 3. The number of aliphatic hydroxyl groups excluding tert-OH is 1. The van der Waals surface area contributed by atoms with Crippen LogP contribution in [0.15, 0.2) is 53.9 Å². The van der Waals surface area contributed by atoms with E-state index in [9.17, 15) is 13.5 Å². The average molecular weight is 503 g/mol. The van der Waals surface area contributed by atoms with Gasteiger partial charge in [0, 0.05) is 23.5 Å². The second-order valence-electron chi connectivity index (χ2n) is 10.0. The van der Waals surface area contributed by atoms with Crippen molar-refractivity contribution >= 4 is 27.3 Å². The van der Waals surface area contributed by atoms with Gasteiger partial charge in [-0.2, -0.15) is 0 Å². The predicted molar refractivity (Wildman–Crippen MR) is 134 cm³/mol. The van der Waals surface area contributed by atoms with Crippen LogP contribution in [0.3, 0.4) is 0 Å². The molecule has 0 amide bonds. The van der Waals surface area contributed by atoms with E-state index >= 15 is 0 Å². The van der Waals surface area contributed by atoms with Crippen LogP contribution in [-0.2, 0) is 21.9 Å². The van der Waals surface area contributed by atoms with Gasteiger partial charge in [0.1, 0.15) is 5.75 Å². The van der Waals surface area contributed by atoms with Crippen LogP contribution in [0.1, 0.15) is 36.8 Å². The van der Waals surface area contributed by atoms with E-state index in [-0.39, 0.29) is 22.1 Å². The van der Waals surface area contributed by atoms with Crippen molar-refractivity contribution in [2.75, 3.05) is 24.6 Å². The van der Waals surface area contributed by atoms with Gasteiger partial charge in [0.15, 0.2) is 0 Å². The lowest BCUT2D eigenvalue weighted by Gasteiger charge is -2.45. The number of halogens is 1. The summed E-state index contributed by atoms with van der Waals surface area (Å²) in [4.78, 5) is 2.33. The van der Waals surface area contributed by atoms with Crippen LogP contribution >= 0.6 is 11.6 Å². The summed E-state index contributed by atoms with van der Waals surface area (Å²) < 4.78 is 30.6. The molecule has 3 N–H and O–H groups in total. The van der Waals surface area contributed by atoms with Crippen LogP contribution in [0, 0.1) is 11.8 Å². The van der Waals surface area contributed by atoms with E-state index in [1.54, 1.807) is 18.2 Å². The van der Waals surface area contributed by atoms with Gasteiger partial charge in [-0.25, -0.2) is 13.6 Å². The van der Waals surface area contributed by atoms with Crippen molar-refractivity contribution in [2.24, 2.45) is 17.0 Å². The Bertz CT molecular complexity index is 1220. The highest BCUT2D eigenvalue weighted by Gasteiger charge is 2.44. The summed E-state index contributed by atoms with van der Waals surface area (Å²) in [5.41, 5.74) is 3.00. The van der Waals surface area contributed by atoms with Crippen LogP contribution in [0.25, 0.3) is 0 Å². The molecule has 1 fully saturated rings. The molecule has 0 unspecified atom stereocenters. The minimum atomic E-state index is -3.86. The Hall–Kier alpha value is -2.06. The Labute approximate surface area is 206 Å². The van der Waals surface area contributed by atoms with Crippen LogP contribution in [0.2, 0.25) is 5.02 Å². The third-order valence-electron chi connectivity index (χ3n) is 7.95. The van der Waals surface area contributed by atoms with Gasteiger partial charge < -0.3 is 14.7 Å². The maximum Gasteiger partial charge on any atom is 0.238 e. The fraction of sp³-hybridized carbons (Fsp3) is 0.462. The third kappa shape index (κ3) is 4.24. The molecule has 2 aromatic rings. The van der Waals surface area contributed by atoms with Gasteiger partial charge in [0.25, 0.3) is 0 Å². The molecule has 1 spiro atoms. The molecule has 1 aliphatic heterocycles. The lowest BCUT2D eigenvalue weighted by molar-refractivity contribution is 0.0460. The molecule has 0 saturated heterocycles. The second-order valence-corrected chi connectivity index (χ2v) is 12.0. The van der Waals surface area contributed by atoms with Gasteiger partial charge in [-0.05, 0) is 85.4 Å². The van der Waals surface area contributed by atoms with E-state index in [0.717, 1.165) is 42.8 Å². The SMILES string of the molecule is C=C[C@@H](O)[C@@H]1CC[C@H]1CN1C[C@@]2(CCCc3cc(Cl)ccc32)COc2ccc(S(N)(=O)=O)cc21. The number of hydrogen-bond acceptors (Lipinski definition) is 5. The molecule has 2 aromatic carbocycles. The van der Waals surface area contributed by atoms with Crippen molar-refractivity contribution in [3.63, 3.8) is 0 Å². The maximum atomic E-state index is 12.1. The summed E-state index contributed by atoms with van der Waals surface area (Å²) >= 11 is 6.31. The molecule has 3 aliphatic rings. The number of rotatable bonds is 5. The van der Waals surface area contributed by atoms with Crippen molar-refractivity contribution in [2.45, 2.75) is 48.5 Å². The quantitative estimate of drug-likeness (QED) is 0.602. The molecule has 4 atom stereocenters. The van der Waals surface area contributed by atoms with Crippen molar-refractivity contribution in [1.29, 1.82) is 0 Å². The highest BCUT2D eigenvalue weighted by molar-refractivity contribution is 7.89. The number of hydrogen-bond donors (Lipinski definition) is 2. The van der Waals surface area contributed by atoms with Gasteiger partial charge in [-0.15, -0.1) is 6.58 Å². The Balaban J connectivity index is 1.57. The Morgan fingerprint density at radius 2 is 2.12 bits per heavy atom. The standard InChI is InChI=1S/C26H31ClN2O4S/c1-2-24(30)21-8-5-18(21)14-29-15-26(11-3-4-17-12-19(27)6-9-22(17)26)16-33-25-10-7-20(13-23(25)29)34(28,31)32/h2,6-7,9-10,12-13,18,21,24,30H,1,3-5,8,11,14-16H2,(H2,28,31,32)/t18-,21+,24+,26-/m0/s1. The van der Waals surface area contributed by atoms with E-state index in [4.69, 9.17) is 21.5 Å². The fourth-order valence-corrected chi connectivity index (χ4v) is 6.73. The van der Waals surface area contributed by atoms with Gasteiger partial charge in [-0.1, -0.05) is 23.7 Å². The number of sulfonamides is 1. The van der Waals surface area contributed by atoms with E-state index in [0.29, 0.717) is 25.4 Å². The number of ether oxygens (including phenoxy) is 1. The molecule has 34 heavy (non-hydrogen) atoms. The van der Waals surface area contributed by atoms with Gasteiger partial charge in [-0.3, -0.25) is 0 Å². The summed E-state index contributed by atoms with van der Waals surface area (Å²) in [5.74, 6) is 1.09. The number of aliphatic hydroxyl groups is 1. The number of anilines is 1. The molecule has 2 aliphatic carbocycles. The predicted octanol–water partition coefficient (Wildman–Crippen LogP) is 4.03. The molecular formula is C26H31ClN2O4S. The number of primary sulfonamides is 1.